The molecule has 0 saturated heterocycles. The lowest BCUT2D eigenvalue weighted by Gasteiger charge is -1.99. The van der Waals surface area contributed by atoms with Crippen LogP contribution in [-0.2, 0) is 21.3 Å². The molecule has 0 fully saturated rings. The van der Waals surface area contributed by atoms with Gasteiger partial charge in [-0.05, 0) is 23.6 Å². The van der Waals surface area contributed by atoms with Crippen LogP contribution < -0.4 is 0 Å². The number of thiophene rings is 1. The molecule has 2 aromatic rings. The van der Waals surface area contributed by atoms with Gasteiger partial charge in [0.2, 0.25) is 0 Å². The predicted molar refractivity (Wildman–Crippen MR) is 70.8 cm³/mol. The molecule has 1 aromatic carbocycles. The molecular formula is C13H12O2S2. The van der Waals surface area contributed by atoms with Gasteiger partial charge in [-0.25, -0.2) is 8.42 Å². The van der Waals surface area contributed by atoms with E-state index in [9.17, 15) is 8.42 Å². The van der Waals surface area contributed by atoms with Gasteiger partial charge in [-0.1, -0.05) is 30.3 Å². The van der Waals surface area contributed by atoms with Crippen molar-refractivity contribution in [2.24, 2.45) is 0 Å². The molecule has 4 heteroatoms. The average Bonchev–Trinajstić information content (AvgIpc) is 2.76. The van der Waals surface area contributed by atoms with E-state index in [-0.39, 0.29) is 11.5 Å². The molecular weight excluding hydrogens is 252 g/mol. The Morgan fingerprint density at radius 3 is 2.41 bits per heavy atom. The third-order valence-electron chi connectivity index (χ3n) is 3.08. The standard InChI is InChI=1S/C13H12O2S2/c1-9-11-7-17(14,15)8-12(11)13(16-9)10-5-3-2-4-6-10/h2-6H,7-8H2,1H3. The molecule has 1 aliphatic heterocycles. The minimum absolute atomic E-state index is 0.205. The number of rotatable bonds is 1. The number of hydrogen-bond acceptors (Lipinski definition) is 3. The Hall–Kier alpha value is -1.13. The van der Waals surface area contributed by atoms with Crippen LogP contribution in [0.5, 0.6) is 0 Å². The van der Waals surface area contributed by atoms with Crippen LogP contribution in [0.25, 0.3) is 10.4 Å². The molecule has 0 radical (unpaired) electrons. The molecule has 2 heterocycles. The summed E-state index contributed by atoms with van der Waals surface area (Å²) >= 11 is 1.71. The topological polar surface area (TPSA) is 34.1 Å². The van der Waals surface area contributed by atoms with Crippen LogP contribution >= 0.6 is 11.3 Å². The van der Waals surface area contributed by atoms with Crippen molar-refractivity contribution in [1.82, 2.24) is 0 Å². The zero-order valence-electron chi connectivity index (χ0n) is 9.43. The largest absolute Gasteiger partial charge is 0.228 e. The van der Waals surface area contributed by atoms with Crippen molar-refractivity contribution in [3.63, 3.8) is 0 Å². The van der Waals surface area contributed by atoms with E-state index in [1.807, 2.05) is 37.3 Å². The zero-order chi connectivity index (χ0) is 12.0. The van der Waals surface area contributed by atoms with E-state index in [1.165, 1.54) is 0 Å². The Labute approximate surface area is 105 Å². The molecule has 0 spiro atoms. The summed E-state index contributed by atoms with van der Waals surface area (Å²) in [4.78, 5) is 2.26. The van der Waals surface area contributed by atoms with Gasteiger partial charge in [-0.2, -0.15) is 0 Å². The van der Waals surface area contributed by atoms with Crippen LogP contribution in [0, 0.1) is 6.92 Å². The molecule has 88 valence electrons. The lowest BCUT2D eigenvalue weighted by molar-refractivity contribution is 0.598. The summed E-state index contributed by atoms with van der Waals surface area (Å²) in [7, 11) is -2.91. The summed E-state index contributed by atoms with van der Waals surface area (Å²) in [5.74, 6) is 0.425. The quantitative estimate of drug-likeness (QED) is 0.793. The maximum atomic E-state index is 11.7. The van der Waals surface area contributed by atoms with Crippen molar-refractivity contribution in [3.05, 3.63) is 46.3 Å². The molecule has 0 amide bonds. The predicted octanol–water partition coefficient (Wildman–Crippen LogP) is 3.15. The molecule has 0 atom stereocenters. The minimum atomic E-state index is -2.91. The van der Waals surface area contributed by atoms with Crippen molar-refractivity contribution in [2.45, 2.75) is 18.4 Å². The third-order valence-corrected chi connectivity index (χ3v) is 5.78. The Kier molecular flexibility index (Phi) is 2.38. The summed E-state index contributed by atoms with van der Waals surface area (Å²) in [5, 5.41) is 0. The maximum absolute atomic E-state index is 11.7. The fraction of sp³-hybridized carbons (Fsp3) is 0.231. The van der Waals surface area contributed by atoms with E-state index in [2.05, 4.69) is 0 Å². The summed E-state index contributed by atoms with van der Waals surface area (Å²) in [6.45, 7) is 2.01. The van der Waals surface area contributed by atoms with Crippen LogP contribution in [0.2, 0.25) is 0 Å². The highest BCUT2D eigenvalue weighted by molar-refractivity contribution is 7.90. The summed E-state index contributed by atoms with van der Waals surface area (Å²) < 4.78 is 23.4. The number of sulfone groups is 1. The van der Waals surface area contributed by atoms with Gasteiger partial charge in [0.1, 0.15) is 0 Å². The number of fused-ring (bicyclic) bond motifs is 1. The highest BCUT2D eigenvalue weighted by Crippen LogP contribution is 2.42. The lowest BCUT2D eigenvalue weighted by atomic mass is 10.1. The lowest BCUT2D eigenvalue weighted by Crippen LogP contribution is -1.97. The second-order valence-electron chi connectivity index (χ2n) is 4.34. The summed E-state index contributed by atoms with van der Waals surface area (Å²) in [6, 6.07) is 10.0. The summed E-state index contributed by atoms with van der Waals surface area (Å²) in [6.07, 6.45) is 0. The fourth-order valence-electron chi connectivity index (χ4n) is 2.28. The Balaban J connectivity index is 2.20. The van der Waals surface area contributed by atoms with Crippen molar-refractivity contribution < 1.29 is 8.42 Å². The highest BCUT2D eigenvalue weighted by Gasteiger charge is 2.30. The van der Waals surface area contributed by atoms with Gasteiger partial charge in [0, 0.05) is 9.75 Å². The second-order valence-corrected chi connectivity index (χ2v) is 7.63. The molecule has 1 aliphatic rings. The summed E-state index contributed by atoms with van der Waals surface area (Å²) in [5.41, 5.74) is 3.19. The Morgan fingerprint density at radius 2 is 1.71 bits per heavy atom. The molecule has 2 nitrogen and oxygen atoms in total. The third kappa shape index (κ3) is 1.81. The van der Waals surface area contributed by atoms with Crippen LogP contribution in [0.15, 0.2) is 30.3 Å². The first-order chi connectivity index (χ1) is 8.07. The average molecular weight is 264 g/mol. The van der Waals surface area contributed by atoms with Crippen LogP contribution in [0.3, 0.4) is 0 Å². The van der Waals surface area contributed by atoms with Crippen LogP contribution in [0.4, 0.5) is 0 Å². The van der Waals surface area contributed by atoms with Gasteiger partial charge < -0.3 is 0 Å². The fourth-order valence-corrected chi connectivity index (χ4v) is 5.35. The van der Waals surface area contributed by atoms with E-state index >= 15 is 0 Å². The van der Waals surface area contributed by atoms with Gasteiger partial charge in [0.25, 0.3) is 0 Å². The van der Waals surface area contributed by atoms with E-state index in [1.54, 1.807) is 11.3 Å². The molecule has 1 aromatic heterocycles. The van der Waals surface area contributed by atoms with E-state index in [0.717, 1.165) is 26.4 Å². The van der Waals surface area contributed by atoms with Crippen LogP contribution in [-0.4, -0.2) is 8.42 Å². The molecule has 0 saturated carbocycles. The molecule has 0 N–H and O–H groups in total. The molecule has 17 heavy (non-hydrogen) atoms. The van der Waals surface area contributed by atoms with Gasteiger partial charge in [-0.3, -0.25) is 0 Å². The Bertz CT molecular complexity index is 667. The number of aryl methyl sites for hydroxylation is 1. The van der Waals surface area contributed by atoms with E-state index < -0.39 is 9.84 Å². The monoisotopic (exact) mass is 264 g/mol. The normalized spacial score (nSPS) is 17.0. The Morgan fingerprint density at radius 1 is 1.06 bits per heavy atom. The van der Waals surface area contributed by atoms with Crippen molar-refractivity contribution >= 4 is 21.2 Å². The second kappa shape index (κ2) is 3.68. The van der Waals surface area contributed by atoms with Crippen LogP contribution in [0.1, 0.15) is 16.0 Å². The molecule has 0 unspecified atom stereocenters. The minimum Gasteiger partial charge on any atom is -0.228 e. The molecule has 3 rings (SSSR count). The number of benzene rings is 1. The van der Waals surface area contributed by atoms with E-state index in [4.69, 9.17) is 0 Å². The first-order valence-electron chi connectivity index (χ1n) is 5.44. The van der Waals surface area contributed by atoms with Crippen molar-refractivity contribution in [2.75, 3.05) is 0 Å². The molecule has 0 aliphatic carbocycles. The van der Waals surface area contributed by atoms with Gasteiger partial charge in [0.05, 0.1) is 11.5 Å². The maximum Gasteiger partial charge on any atom is 0.158 e. The first kappa shape index (κ1) is 11.0. The van der Waals surface area contributed by atoms with E-state index in [0.29, 0.717) is 0 Å². The molecule has 0 bridgehead atoms. The SMILES string of the molecule is Cc1sc(-c2ccccc2)c2c1CS(=O)(=O)C2. The zero-order valence-corrected chi connectivity index (χ0v) is 11.1. The first-order valence-corrected chi connectivity index (χ1v) is 8.07. The van der Waals surface area contributed by atoms with Crippen molar-refractivity contribution in [3.8, 4) is 10.4 Å². The number of hydrogen-bond donors (Lipinski definition) is 0. The smallest absolute Gasteiger partial charge is 0.158 e. The van der Waals surface area contributed by atoms with Gasteiger partial charge >= 0.3 is 0 Å². The van der Waals surface area contributed by atoms with Gasteiger partial charge in [0.15, 0.2) is 9.84 Å². The highest BCUT2D eigenvalue weighted by atomic mass is 32.2. The van der Waals surface area contributed by atoms with Gasteiger partial charge in [-0.15, -0.1) is 11.3 Å². The van der Waals surface area contributed by atoms with Crippen molar-refractivity contribution in [1.29, 1.82) is 0 Å².